The van der Waals surface area contributed by atoms with Gasteiger partial charge in [-0.1, -0.05) is 52.3 Å². The Morgan fingerprint density at radius 2 is 1.91 bits per heavy atom. The molecular weight excluding hydrogens is 151 g/mol. The predicted octanol–water partition coefficient (Wildman–Crippen LogP) is 2.79. The minimum atomic E-state index is 1.01. The highest BCUT2D eigenvalue weighted by atomic mass is 31.1. The van der Waals surface area contributed by atoms with Gasteiger partial charge in [-0.05, 0) is 17.9 Å². The Morgan fingerprint density at radius 3 is 2.55 bits per heavy atom. The zero-order valence-corrected chi connectivity index (χ0v) is 8.01. The minimum absolute atomic E-state index is 1.01. The van der Waals surface area contributed by atoms with Crippen molar-refractivity contribution in [2.24, 2.45) is 0 Å². The predicted molar refractivity (Wildman–Crippen MR) is 54.2 cm³/mol. The standard InChI is InChI=1S/C10H15P/c1-2-3-9-11-10-7-5-4-6-8-10/h4-8,11H,2-3,9H2,1H3. The molecule has 1 unspecified atom stereocenters. The minimum Gasteiger partial charge on any atom is -0.0904 e. The van der Waals surface area contributed by atoms with Crippen LogP contribution in [-0.2, 0) is 0 Å². The van der Waals surface area contributed by atoms with Gasteiger partial charge < -0.3 is 0 Å². The number of unbranched alkanes of at least 4 members (excludes halogenated alkanes) is 1. The van der Waals surface area contributed by atoms with Crippen LogP contribution in [0.3, 0.4) is 0 Å². The molecule has 0 N–H and O–H groups in total. The molecule has 1 atom stereocenters. The van der Waals surface area contributed by atoms with Crippen molar-refractivity contribution < 1.29 is 0 Å². The molecule has 60 valence electrons. The lowest BCUT2D eigenvalue weighted by Gasteiger charge is -1.98. The first kappa shape index (κ1) is 8.74. The first-order valence-corrected chi connectivity index (χ1v) is 5.43. The van der Waals surface area contributed by atoms with Crippen molar-refractivity contribution in [1.82, 2.24) is 0 Å². The summed E-state index contributed by atoms with van der Waals surface area (Å²) in [7, 11) is 1.01. The molecular formula is C10H15P. The molecule has 1 aromatic carbocycles. The molecule has 0 nitrogen and oxygen atoms in total. The molecule has 0 heterocycles. The van der Waals surface area contributed by atoms with E-state index in [9.17, 15) is 0 Å². The highest BCUT2D eigenvalue weighted by Crippen LogP contribution is 2.11. The van der Waals surface area contributed by atoms with E-state index in [1.165, 1.54) is 24.3 Å². The van der Waals surface area contributed by atoms with Crippen LogP contribution >= 0.6 is 8.58 Å². The third kappa shape index (κ3) is 3.53. The summed E-state index contributed by atoms with van der Waals surface area (Å²) in [5.74, 6) is 0. The zero-order chi connectivity index (χ0) is 7.94. The van der Waals surface area contributed by atoms with E-state index in [2.05, 4.69) is 37.3 Å². The summed E-state index contributed by atoms with van der Waals surface area (Å²) in [4.78, 5) is 0. The summed E-state index contributed by atoms with van der Waals surface area (Å²) < 4.78 is 0. The van der Waals surface area contributed by atoms with Gasteiger partial charge in [0.05, 0.1) is 0 Å². The van der Waals surface area contributed by atoms with E-state index in [4.69, 9.17) is 0 Å². The molecule has 0 amide bonds. The van der Waals surface area contributed by atoms with Gasteiger partial charge in [0.2, 0.25) is 0 Å². The fraction of sp³-hybridized carbons (Fsp3) is 0.400. The average Bonchev–Trinajstić information content (AvgIpc) is 2.07. The quantitative estimate of drug-likeness (QED) is 0.476. The van der Waals surface area contributed by atoms with Gasteiger partial charge in [0.25, 0.3) is 0 Å². The van der Waals surface area contributed by atoms with E-state index >= 15 is 0 Å². The van der Waals surface area contributed by atoms with E-state index in [1.54, 1.807) is 0 Å². The summed E-state index contributed by atoms with van der Waals surface area (Å²) in [5, 5.41) is 1.50. The van der Waals surface area contributed by atoms with Gasteiger partial charge in [0, 0.05) is 0 Å². The Kier molecular flexibility index (Phi) is 4.23. The third-order valence-corrected chi connectivity index (χ3v) is 2.98. The van der Waals surface area contributed by atoms with Crippen LogP contribution in [-0.4, -0.2) is 6.16 Å². The summed E-state index contributed by atoms with van der Waals surface area (Å²) in [6.07, 6.45) is 4.05. The fourth-order valence-corrected chi connectivity index (χ4v) is 2.21. The molecule has 1 heteroatoms. The molecule has 0 aliphatic rings. The van der Waals surface area contributed by atoms with Crippen molar-refractivity contribution in [1.29, 1.82) is 0 Å². The molecule has 0 bridgehead atoms. The van der Waals surface area contributed by atoms with E-state index in [1.807, 2.05) is 0 Å². The second-order valence-electron chi connectivity index (χ2n) is 2.65. The second-order valence-corrected chi connectivity index (χ2v) is 4.08. The Hall–Kier alpha value is -0.350. The maximum absolute atomic E-state index is 2.25. The number of hydrogen-bond acceptors (Lipinski definition) is 0. The van der Waals surface area contributed by atoms with Crippen molar-refractivity contribution in [3.63, 3.8) is 0 Å². The number of rotatable bonds is 4. The third-order valence-electron chi connectivity index (χ3n) is 1.63. The second kappa shape index (κ2) is 5.32. The molecule has 0 aliphatic carbocycles. The SMILES string of the molecule is CCCCPc1ccccc1. The summed E-state index contributed by atoms with van der Waals surface area (Å²) in [6.45, 7) is 2.25. The van der Waals surface area contributed by atoms with Crippen molar-refractivity contribution in [3.05, 3.63) is 30.3 Å². The number of hydrogen-bond donors (Lipinski definition) is 0. The van der Waals surface area contributed by atoms with Crippen LogP contribution in [0.5, 0.6) is 0 Å². The molecule has 1 aromatic rings. The lowest BCUT2D eigenvalue weighted by Crippen LogP contribution is -1.92. The molecule has 1 rings (SSSR count). The van der Waals surface area contributed by atoms with Crippen LogP contribution in [0.15, 0.2) is 30.3 Å². The van der Waals surface area contributed by atoms with E-state index in [0.717, 1.165) is 8.58 Å². The smallest absolute Gasteiger partial charge is 0.0271 e. The average molecular weight is 166 g/mol. The van der Waals surface area contributed by atoms with Gasteiger partial charge in [0.15, 0.2) is 0 Å². The molecule has 0 aromatic heterocycles. The van der Waals surface area contributed by atoms with Crippen LogP contribution in [0.2, 0.25) is 0 Å². The summed E-state index contributed by atoms with van der Waals surface area (Å²) in [5.41, 5.74) is 0. The lowest BCUT2D eigenvalue weighted by molar-refractivity contribution is 0.895. The van der Waals surface area contributed by atoms with Crippen LogP contribution in [0.25, 0.3) is 0 Å². The molecule has 0 saturated carbocycles. The van der Waals surface area contributed by atoms with Gasteiger partial charge >= 0.3 is 0 Å². The van der Waals surface area contributed by atoms with Gasteiger partial charge in [-0.15, -0.1) is 0 Å². The number of benzene rings is 1. The zero-order valence-electron chi connectivity index (χ0n) is 7.01. The summed E-state index contributed by atoms with van der Waals surface area (Å²) >= 11 is 0. The normalized spacial score (nSPS) is 11.0. The van der Waals surface area contributed by atoms with Crippen molar-refractivity contribution in [2.75, 3.05) is 6.16 Å². The van der Waals surface area contributed by atoms with Crippen molar-refractivity contribution in [3.8, 4) is 0 Å². The Bertz CT molecular complexity index is 181. The molecule has 11 heavy (non-hydrogen) atoms. The first-order valence-electron chi connectivity index (χ1n) is 4.22. The molecule has 0 saturated heterocycles. The van der Waals surface area contributed by atoms with E-state index in [-0.39, 0.29) is 0 Å². The Balaban J connectivity index is 2.28. The maximum Gasteiger partial charge on any atom is -0.0271 e. The Morgan fingerprint density at radius 1 is 1.18 bits per heavy atom. The van der Waals surface area contributed by atoms with Gasteiger partial charge in [-0.3, -0.25) is 0 Å². The first-order chi connectivity index (χ1) is 5.43. The largest absolute Gasteiger partial charge is 0.0904 e. The van der Waals surface area contributed by atoms with Gasteiger partial charge in [0.1, 0.15) is 0 Å². The van der Waals surface area contributed by atoms with Crippen LogP contribution in [0.4, 0.5) is 0 Å². The highest BCUT2D eigenvalue weighted by Gasteiger charge is 1.88. The van der Waals surface area contributed by atoms with Crippen molar-refractivity contribution in [2.45, 2.75) is 19.8 Å². The van der Waals surface area contributed by atoms with E-state index < -0.39 is 0 Å². The summed E-state index contributed by atoms with van der Waals surface area (Å²) in [6, 6.07) is 10.7. The van der Waals surface area contributed by atoms with Crippen molar-refractivity contribution >= 4 is 13.9 Å². The molecule has 0 spiro atoms. The van der Waals surface area contributed by atoms with E-state index in [0.29, 0.717) is 0 Å². The van der Waals surface area contributed by atoms with Crippen LogP contribution in [0, 0.1) is 0 Å². The highest BCUT2D eigenvalue weighted by molar-refractivity contribution is 7.47. The topological polar surface area (TPSA) is 0 Å². The lowest BCUT2D eigenvalue weighted by atomic mass is 10.4. The molecule has 0 fully saturated rings. The van der Waals surface area contributed by atoms with Crippen LogP contribution in [0.1, 0.15) is 19.8 Å². The molecule has 0 aliphatic heterocycles. The van der Waals surface area contributed by atoms with Crippen LogP contribution < -0.4 is 5.30 Å². The monoisotopic (exact) mass is 166 g/mol. The fourth-order valence-electron chi connectivity index (χ4n) is 0.966. The maximum atomic E-state index is 2.25. The van der Waals surface area contributed by atoms with Gasteiger partial charge in [-0.2, -0.15) is 0 Å². The molecule has 0 radical (unpaired) electrons. The van der Waals surface area contributed by atoms with Gasteiger partial charge in [-0.25, -0.2) is 0 Å². The Labute approximate surface area is 70.8 Å².